The number of hydrogen-bond acceptors (Lipinski definition) is 2. The SMILES string of the molecule is CC(C)[C@@H]1CCC2(C(=O)O)CC[C@]3(C)[C@H](CC[C@@H]4[C@@]5(C)CC[C@H](O)C(C)(C)[C@@H]5CC[C@]43C)[C@@H]12. The summed E-state index contributed by atoms with van der Waals surface area (Å²) in [5.74, 6) is 2.79. The van der Waals surface area contributed by atoms with Crippen LogP contribution in [0.1, 0.15) is 113 Å². The minimum absolute atomic E-state index is 0.00863. The predicted octanol–water partition coefficient (Wildman–Crippen LogP) is 7.17. The van der Waals surface area contributed by atoms with E-state index in [1.807, 2.05) is 0 Å². The summed E-state index contributed by atoms with van der Waals surface area (Å²) in [6.45, 7) is 17.1. The van der Waals surface area contributed by atoms with Gasteiger partial charge in [-0.1, -0.05) is 48.5 Å². The topological polar surface area (TPSA) is 57.5 Å². The standard InChI is InChI=1S/C30H50O3/c1-18(2)19-10-15-30(25(32)33)17-16-28(6)20(24(19)30)8-9-22-27(5)13-12-23(31)26(3,4)21(27)11-14-29(22,28)7/h18-24,31H,8-17H2,1-7H3,(H,32,33)/t19-,20+,21-,22+,23-,24+,27-,28+,29+,30?/m0/s1. The Morgan fingerprint density at radius 3 is 2.12 bits per heavy atom. The molecule has 0 aromatic carbocycles. The zero-order chi connectivity index (χ0) is 24.2. The zero-order valence-electron chi connectivity index (χ0n) is 22.4. The molecule has 3 heteroatoms. The van der Waals surface area contributed by atoms with Crippen LogP contribution in [0.3, 0.4) is 0 Å². The van der Waals surface area contributed by atoms with Crippen LogP contribution in [-0.2, 0) is 4.79 Å². The maximum absolute atomic E-state index is 12.8. The minimum atomic E-state index is -0.497. The number of carboxylic acid groups (broad SMARTS) is 1. The lowest BCUT2D eigenvalue weighted by Crippen LogP contribution is -2.67. The van der Waals surface area contributed by atoms with E-state index < -0.39 is 11.4 Å². The van der Waals surface area contributed by atoms with Crippen molar-refractivity contribution in [3.05, 3.63) is 0 Å². The van der Waals surface area contributed by atoms with Gasteiger partial charge in [0.15, 0.2) is 0 Å². The van der Waals surface area contributed by atoms with Gasteiger partial charge in [0.1, 0.15) is 0 Å². The highest BCUT2D eigenvalue weighted by atomic mass is 16.4. The van der Waals surface area contributed by atoms with E-state index in [-0.39, 0.29) is 27.8 Å². The van der Waals surface area contributed by atoms with Crippen LogP contribution in [0.5, 0.6) is 0 Å². The van der Waals surface area contributed by atoms with Gasteiger partial charge in [-0.2, -0.15) is 0 Å². The minimum Gasteiger partial charge on any atom is -0.481 e. The number of carboxylic acids is 1. The van der Waals surface area contributed by atoms with E-state index in [9.17, 15) is 15.0 Å². The lowest BCUT2D eigenvalue weighted by atomic mass is 9.32. The third kappa shape index (κ3) is 2.81. The van der Waals surface area contributed by atoms with Crippen molar-refractivity contribution < 1.29 is 15.0 Å². The largest absolute Gasteiger partial charge is 0.481 e. The van der Waals surface area contributed by atoms with Crippen LogP contribution >= 0.6 is 0 Å². The van der Waals surface area contributed by atoms with Crippen LogP contribution in [0.2, 0.25) is 0 Å². The summed E-state index contributed by atoms with van der Waals surface area (Å²) in [5, 5.41) is 21.4. The molecule has 0 radical (unpaired) electrons. The lowest BCUT2D eigenvalue weighted by Gasteiger charge is -2.72. The molecule has 5 fully saturated rings. The summed E-state index contributed by atoms with van der Waals surface area (Å²) in [5.41, 5.74) is 0.309. The Bertz CT molecular complexity index is 817. The molecule has 0 amide bonds. The first-order chi connectivity index (χ1) is 15.3. The van der Waals surface area contributed by atoms with Crippen LogP contribution in [0.15, 0.2) is 0 Å². The van der Waals surface area contributed by atoms with Crippen LogP contribution in [-0.4, -0.2) is 22.3 Å². The molecule has 2 N–H and O–H groups in total. The molecule has 0 aliphatic heterocycles. The second kappa shape index (κ2) is 7.23. The molecule has 188 valence electrons. The van der Waals surface area contributed by atoms with Gasteiger partial charge in [0.2, 0.25) is 0 Å². The Balaban J connectivity index is 1.56. The van der Waals surface area contributed by atoms with Gasteiger partial charge in [0, 0.05) is 0 Å². The number of fused-ring (bicyclic) bond motifs is 7. The summed E-state index contributed by atoms with van der Waals surface area (Å²) < 4.78 is 0. The Morgan fingerprint density at radius 2 is 1.48 bits per heavy atom. The number of aliphatic hydroxyl groups excluding tert-OH is 1. The second-order valence-electron chi connectivity index (χ2n) is 15.0. The molecule has 3 nitrogen and oxygen atoms in total. The summed E-state index contributed by atoms with van der Waals surface area (Å²) in [7, 11) is 0. The molecule has 0 aromatic rings. The normalized spacial score (nSPS) is 55.3. The first-order valence-electron chi connectivity index (χ1n) is 14.2. The fourth-order valence-corrected chi connectivity index (χ4v) is 11.8. The van der Waals surface area contributed by atoms with E-state index in [1.54, 1.807) is 0 Å². The van der Waals surface area contributed by atoms with Crippen molar-refractivity contribution in [1.82, 2.24) is 0 Å². The van der Waals surface area contributed by atoms with Crippen molar-refractivity contribution in [3.63, 3.8) is 0 Å². The van der Waals surface area contributed by atoms with E-state index in [4.69, 9.17) is 0 Å². The van der Waals surface area contributed by atoms with E-state index in [1.165, 1.54) is 25.7 Å². The molecule has 0 heterocycles. The van der Waals surface area contributed by atoms with Crippen LogP contribution in [0, 0.1) is 62.6 Å². The highest BCUT2D eigenvalue weighted by molar-refractivity contribution is 5.76. The molecule has 5 aliphatic carbocycles. The van der Waals surface area contributed by atoms with Gasteiger partial charge in [-0.15, -0.1) is 0 Å². The van der Waals surface area contributed by atoms with Crippen molar-refractivity contribution >= 4 is 5.97 Å². The maximum Gasteiger partial charge on any atom is 0.309 e. The first kappa shape index (κ1) is 24.1. The van der Waals surface area contributed by atoms with Gasteiger partial charge in [0.25, 0.3) is 0 Å². The molecule has 0 aromatic heterocycles. The third-order valence-corrected chi connectivity index (χ3v) is 13.7. The smallest absolute Gasteiger partial charge is 0.309 e. The highest BCUT2D eigenvalue weighted by Crippen LogP contribution is 2.77. The Labute approximate surface area is 202 Å². The van der Waals surface area contributed by atoms with Gasteiger partial charge < -0.3 is 10.2 Å². The number of aliphatic hydroxyl groups is 1. The first-order valence-corrected chi connectivity index (χ1v) is 14.2. The van der Waals surface area contributed by atoms with Gasteiger partial charge in [0.05, 0.1) is 11.5 Å². The Kier molecular flexibility index (Phi) is 5.29. The molecule has 10 atom stereocenters. The van der Waals surface area contributed by atoms with Crippen LogP contribution in [0.4, 0.5) is 0 Å². The molecular weight excluding hydrogens is 408 g/mol. The van der Waals surface area contributed by atoms with Gasteiger partial charge >= 0.3 is 5.97 Å². The van der Waals surface area contributed by atoms with E-state index in [2.05, 4.69) is 48.5 Å². The summed E-state index contributed by atoms with van der Waals surface area (Å²) in [6.07, 6.45) is 10.8. The van der Waals surface area contributed by atoms with E-state index >= 15 is 0 Å². The molecule has 33 heavy (non-hydrogen) atoms. The molecule has 5 saturated carbocycles. The summed E-state index contributed by atoms with van der Waals surface area (Å²) >= 11 is 0. The monoisotopic (exact) mass is 458 g/mol. The molecular formula is C30H50O3. The van der Waals surface area contributed by atoms with Gasteiger partial charge in [-0.3, -0.25) is 4.79 Å². The molecule has 0 saturated heterocycles. The van der Waals surface area contributed by atoms with Crippen molar-refractivity contribution in [2.75, 3.05) is 0 Å². The van der Waals surface area contributed by atoms with Crippen molar-refractivity contribution in [2.45, 2.75) is 119 Å². The number of aliphatic carboxylic acids is 1. The highest BCUT2D eigenvalue weighted by Gasteiger charge is 2.72. The molecule has 0 spiro atoms. The lowest BCUT2D eigenvalue weighted by molar-refractivity contribution is -0.249. The molecule has 5 rings (SSSR count). The molecule has 0 bridgehead atoms. The zero-order valence-corrected chi connectivity index (χ0v) is 22.4. The number of rotatable bonds is 2. The molecule has 5 aliphatic rings. The quantitative estimate of drug-likeness (QED) is 0.461. The average Bonchev–Trinajstić information content (AvgIpc) is 3.13. The third-order valence-electron chi connectivity index (χ3n) is 13.7. The van der Waals surface area contributed by atoms with Crippen molar-refractivity contribution in [3.8, 4) is 0 Å². The van der Waals surface area contributed by atoms with Crippen LogP contribution < -0.4 is 0 Å². The van der Waals surface area contributed by atoms with Crippen molar-refractivity contribution in [2.24, 2.45) is 62.6 Å². The van der Waals surface area contributed by atoms with Gasteiger partial charge in [-0.25, -0.2) is 0 Å². The fourth-order valence-electron chi connectivity index (χ4n) is 11.8. The van der Waals surface area contributed by atoms with Crippen LogP contribution in [0.25, 0.3) is 0 Å². The second-order valence-corrected chi connectivity index (χ2v) is 15.0. The maximum atomic E-state index is 12.8. The summed E-state index contributed by atoms with van der Waals surface area (Å²) in [4.78, 5) is 12.8. The number of carbonyl (C=O) groups is 1. The van der Waals surface area contributed by atoms with Crippen molar-refractivity contribution in [1.29, 1.82) is 0 Å². The van der Waals surface area contributed by atoms with E-state index in [0.717, 1.165) is 38.5 Å². The predicted molar refractivity (Wildman–Crippen MR) is 133 cm³/mol. The fraction of sp³-hybridized carbons (Fsp3) is 0.967. The van der Waals surface area contributed by atoms with Gasteiger partial charge in [-0.05, 0) is 121 Å². The number of hydrogen-bond donors (Lipinski definition) is 2. The Morgan fingerprint density at radius 1 is 0.788 bits per heavy atom. The Hall–Kier alpha value is -0.570. The summed E-state index contributed by atoms with van der Waals surface area (Å²) in [6, 6.07) is 0. The van der Waals surface area contributed by atoms with E-state index in [0.29, 0.717) is 35.5 Å². The average molecular weight is 459 g/mol. The molecule has 1 unspecified atom stereocenters.